The molecule has 1 aliphatic rings. The molecule has 1 amide bonds. The number of rotatable bonds is 7. The first-order valence-corrected chi connectivity index (χ1v) is 12.3. The number of benzene rings is 2. The summed E-state index contributed by atoms with van der Waals surface area (Å²) in [6.45, 7) is 3.61. The van der Waals surface area contributed by atoms with Crippen LogP contribution in [0.15, 0.2) is 47.4 Å². The number of nitrogens with zero attached hydrogens (tertiary/aromatic N) is 4. The molecule has 39 heavy (non-hydrogen) atoms. The van der Waals surface area contributed by atoms with Gasteiger partial charge in [0, 0.05) is 42.8 Å². The van der Waals surface area contributed by atoms with Crippen molar-refractivity contribution in [2.75, 3.05) is 17.7 Å². The first-order valence-electron chi connectivity index (χ1n) is 12.3. The minimum Gasteiger partial charge on any atom is -0.357 e. The summed E-state index contributed by atoms with van der Waals surface area (Å²) >= 11 is 0. The maximum absolute atomic E-state index is 13.8. The van der Waals surface area contributed by atoms with Crippen molar-refractivity contribution in [3.05, 3.63) is 81.0 Å². The number of hydrogen-bond acceptors (Lipinski definition) is 7. The molecule has 202 valence electrons. The van der Waals surface area contributed by atoms with Crippen molar-refractivity contribution in [1.82, 2.24) is 24.8 Å². The molecule has 5 rings (SSSR count). The van der Waals surface area contributed by atoms with Crippen LogP contribution in [0.25, 0.3) is 16.7 Å². The monoisotopic (exact) mass is 537 g/mol. The quantitative estimate of drug-likeness (QED) is 0.321. The third-order valence-corrected chi connectivity index (χ3v) is 6.65. The van der Waals surface area contributed by atoms with E-state index in [1.54, 1.807) is 45.3 Å². The smallest absolute Gasteiger partial charge is 0.357 e. The normalized spacial score (nSPS) is 13.5. The van der Waals surface area contributed by atoms with E-state index in [0.717, 1.165) is 24.5 Å². The lowest BCUT2D eigenvalue weighted by Crippen LogP contribution is -2.25. The Morgan fingerprint density at radius 1 is 1.10 bits per heavy atom. The molecule has 2 aromatic heterocycles. The van der Waals surface area contributed by atoms with E-state index in [-0.39, 0.29) is 29.4 Å². The number of halogens is 3. The summed E-state index contributed by atoms with van der Waals surface area (Å²) in [5.74, 6) is -0.376. The van der Waals surface area contributed by atoms with E-state index in [0.29, 0.717) is 28.4 Å². The highest BCUT2D eigenvalue weighted by Gasteiger charge is 2.34. The Kier molecular flexibility index (Phi) is 6.81. The molecule has 12 heteroatoms. The number of anilines is 2. The Balaban J connectivity index is 1.46. The molecule has 3 N–H and O–H groups in total. The first kappa shape index (κ1) is 26.3. The van der Waals surface area contributed by atoms with Gasteiger partial charge in [-0.15, -0.1) is 0 Å². The van der Waals surface area contributed by atoms with Crippen LogP contribution in [0.5, 0.6) is 0 Å². The minimum absolute atomic E-state index is 0.0813. The number of carbonyl (C=O) groups is 1. The number of aryl methyl sites for hydroxylation is 2. The number of aromatic nitrogens is 4. The van der Waals surface area contributed by atoms with Gasteiger partial charge in [0.15, 0.2) is 5.65 Å². The van der Waals surface area contributed by atoms with Crippen LogP contribution in [-0.4, -0.2) is 38.5 Å². The van der Waals surface area contributed by atoms with Gasteiger partial charge in [-0.25, -0.2) is 9.78 Å². The Morgan fingerprint density at radius 2 is 1.87 bits per heavy atom. The number of fused-ring (bicyclic) bond motifs is 1. The topological polar surface area (TPSA) is 114 Å². The van der Waals surface area contributed by atoms with E-state index in [9.17, 15) is 22.8 Å². The van der Waals surface area contributed by atoms with Gasteiger partial charge >= 0.3 is 11.9 Å². The molecule has 0 spiro atoms. The molecule has 0 saturated heterocycles. The zero-order chi connectivity index (χ0) is 27.9. The number of nitrogens with one attached hydrogen (secondary N) is 3. The molecule has 9 nitrogen and oxygen atoms in total. The van der Waals surface area contributed by atoms with Crippen LogP contribution in [0.2, 0.25) is 0 Å². The van der Waals surface area contributed by atoms with Crippen LogP contribution < -0.4 is 21.6 Å². The molecular weight excluding hydrogens is 511 g/mol. The van der Waals surface area contributed by atoms with Crippen molar-refractivity contribution in [1.29, 1.82) is 0 Å². The van der Waals surface area contributed by atoms with Crippen molar-refractivity contribution >= 4 is 28.6 Å². The fourth-order valence-corrected chi connectivity index (χ4v) is 4.33. The third kappa shape index (κ3) is 5.46. The van der Waals surface area contributed by atoms with Gasteiger partial charge < -0.3 is 16.0 Å². The summed E-state index contributed by atoms with van der Waals surface area (Å²) in [7, 11) is 1.66. The van der Waals surface area contributed by atoms with Crippen molar-refractivity contribution in [3.63, 3.8) is 0 Å². The minimum atomic E-state index is -4.60. The van der Waals surface area contributed by atoms with Crippen molar-refractivity contribution in [2.45, 2.75) is 45.5 Å². The molecule has 1 fully saturated rings. The number of hydrogen-bond donors (Lipinski definition) is 3. The van der Waals surface area contributed by atoms with Crippen LogP contribution in [0.1, 0.15) is 45.6 Å². The average molecular weight is 538 g/mol. The maximum atomic E-state index is 13.8. The lowest BCUT2D eigenvalue weighted by molar-refractivity contribution is -0.138. The predicted molar refractivity (Wildman–Crippen MR) is 141 cm³/mol. The van der Waals surface area contributed by atoms with Gasteiger partial charge in [0.1, 0.15) is 0 Å². The van der Waals surface area contributed by atoms with Gasteiger partial charge in [-0.05, 0) is 62.1 Å². The lowest BCUT2D eigenvalue weighted by atomic mass is 10.0. The van der Waals surface area contributed by atoms with E-state index in [4.69, 9.17) is 0 Å². The van der Waals surface area contributed by atoms with E-state index in [2.05, 4.69) is 30.9 Å². The molecule has 0 aliphatic heterocycles. The molecule has 2 aromatic carbocycles. The Morgan fingerprint density at radius 3 is 2.56 bits per heavy atom. The van der Waals surface area contributed by atoms with E-state index in [1.165, 1.54) is 16.7 Å². The molecule has 2 heterocycles. The molecule has 0 atom stereocenters. The zero-order valence-electron chi connectivity index (χ0n) is 21.5. The lowest BCUT2D eigenvalue weighted by Gasteiger charge is -2.17. The first-order chi connectivity index (χ1) is 18.5. The van der Waals surface area contributed by atoms with Crippen molar-refractivity contribution in [2.24, 2.45) is 0 Å². The summed E-state index contributed by atoms with van der Waals surface area (Å²) in [4.78, 5) is 38.5. The highest BCUT2D eigenvalue weighted by molar-refractivity contribution is 6.04. The molecule has 0 unspecified atom stereocenters. The van der Waals surface area contributed by atoms with Gasteiger partial charge in [-0.2, -0.15) is 23.1 Å². The maximum Gasteiger partial charge on any atom is 0.416 e. The fourth-order valence-electron chi connectivity index (χ4n) is 4.33. The predicted octanol–water partition coefficient (Wildman–Crippen LogP) is 4.36. The number of alkyl halides is 3. The SMILES string of the molecule is CNc1ncc2c(C)n(-c3cc(NC(=O)c4ccc(CNC5CC5)c(C(F)(F)F)c4)ccc3C)c(=O)nc2n1. The van der Waals surface area contributed by atoms with Crippen molar-refractivity contribution in [3.8, 4) is 5.69 Å². The molecule has 1 aliphatic carbocycles. The number of amides is 1. The van der Waals surface area contributed by atoms with Gasteiger partial charge in [0.2, 0.25) is 5.95 Å². The zero-order valence-corrected chi connectivity index (χ0v) is 21.5. The summed E-state index contributed by atoms with van der Waals surface area (Å²) < 4.78 is 42.7. The highest BCUT2D eigenvalue weighted by Crippen LogP contribution is 2.33. The van der Waals surface area contributed by atoms with Crippen LogP contribution >= 0.6 is 0 Å². The second kappa shape index (κ2) is 10.1. The molecule has 1 saturated carbocycles. The van der Waals surface area contributed by atoms with E-state index < -0.39 is 23.3 Å². The van der Waals surface area contributed by atoms with E-state index >= 15 is 0 Å². The van der Waals surface area contributed by atoms with Gasteiger partial charge in [0.25, 0.3) is 5.91 Å². The molecule has 0 bridgehead atoms. The molecule has 0 radical (unpaired) electrons. The van der Waals surface area contributed by atoms with Crippen molar-refractivity contribution < 1.29 is 18.0 Å². The average Bonchev–Trinajstić information content (AvgIpc) is 3.73. The Bertz CT molecular complexity index is 1650. The van der Waals surface area contributed by atoms with Gasteiger partial charge in [-0.1, -0.05) is 12.1 Å². The third-order valence-electron chi connectivity index (χ3n) is 6.65. The summed E-state index contributed by atoms with van der Waals surface area (Å²) in [6.07, 6.45) is -1.14. The molecular formula is C27H26F3N7O2. The van der Waals surface area contributed by atoms with Crippen LogP contribution in [-0.2, 0) is 12.7 Å². The van der Waals surface area contributed by atoms with Crippen LogP contribution in [0.4, 0.5) is 24.8 Å². The largest absolute Gasteiger partial charge is 0.416 e. The standard InChI is InChI=1S/C27H26F3N7O2/c1-14-4-7-19(11-22(14)37-15(2)20-13-33-25(31-3)35-23(20)36-26(37)39)34-24(38)16-5-6-17(12-32-18-8-9-18)21(10-16)27(28,29)30/h4-7,10-11,13,18,32H,8-9,12H2,1-3H3,(H,34,38)(H,31,35,36,39). The Labute approximate surface area is 221 Å². The molecule has 4 aromatic rings. The Hall–Kier alpha value is -4.32. The summed E-state index contributed by atoms with van der Waals surface area (Å²) in [6, 6.07) is 8.73. The second-order valence-corrected chi connectivity index (χ2v) is 9.48. The summed E-state index contributed by atoms with van der Waals surface area (Å²) in [5.41, 5.74) is 0.820. The highest BCUT2D eigenvalue weighted by atomic mass is 19.4. The van der Waals surface area contributed by atoms with Gasteiger partial charge in [0.05, 0.1) is 16.6 Å². The van der Waals surface area contributed by atoms with Gasteiger partial charge in [-0.3, -0.25) is 9.36 Å². The fraction of sp³-hybridized carbons (Fsp3) is 0.296. The van der Waals surface area contributed by atoms with E-state index in [1.807, 2.05) is 0 Å². The second-order valence-electron chi connectivity index (χ2n) is 9.48. The van der Waals surface area contributed by atoms with Crippen LogP contribution in [0, 0.1) is 13.8 Å². The number of carbonyl (C=O) groups excluding carboxylic acids is 1. The van der Waals surface area contributed by atoms with Crippen LogP contribution in [0.3, 0.4) is 0 Å². The summed E-state index contributed by atoms with van der Waals surface area (Å²) in [5, 5.41) is 9.11.